The Balaban J connectivity index is 1.84. The minimum atomic E-state index is 0.0411. The van der Waals surface area contributed by atoms with Gasteiger partial charge in [0.2, 0.25) is 0 Å². The first-order valence-electron chi connectivity index (χ1n) is 6.43. The monoisotopic (exact) mass is 254 g/mol. The number of hydrogen-bond acceptors (Lipinski definition) is 3. The molecule has 1 aromatic carbocycles. The third-order valence-electron chi connectivity index (χ3n) is 2.87. The summed E-state index contributed by atoms with van der Waals surface area (Å²) in [4.78, 5) is 0. The van der Waals surface area contributed by atoms with Gasteiger partial charge in [-0.25, -0.2) is 0 Å². The Bertz CT molecular complexity index is 539. The molecular formula is C15H18N4. The first kappa shape index (κ1) is 13.3. The molecule has 2 rings (SSSR count). The van der Waals surface area contributed by atoms with E-state index >= 15 is 0 Å². The van der Waals surface area contributed by atoms with Crippen LogP contribution in [0.2, 0.25) is 0 Å². The van der Waals surface area contributed by atoms with E-state index in [1.807, 2.05) is 42.2 Å². The van der Waals surface area contributed by atoms with Crippen molar-refractivity contribution in [3.8, 4) is 6.07 Å². The van der Waals surface area contributed by atoms with Gasteiger partial charge in [-0.3, -0.25) is 4.68 Å². The van der Waals surface area contributed by atoms with Gasteiger partial charge in [0.15, 0.2) is 0 Å². The summed E-state index contributed by atoms with van der Waals surface area (Å²) in [6.07, 6.45) is 3.91. The summed E-state index contributed by atoms with van der Waals surface area (Å²) in [6.45, 7) is 4.16. The smallest absolute Gasteiger partial charge is 0.0666 e. The van der Waals surface area contributed by atoms with Gasteiger partial charge in [-0.1, -0.05) is 30.3 Å². The summed E-state index contributed by atoms with van der Waals surface area (Å²) in [7, 11) is 0. The molecule has 1 N–H and O–H groups in total. The van der Waals surface area contributed by atoms with Gasteiger partial charge in [0, 0.05) is 24.8 Å². The number of benzene rings is 1. The highest BCUT2D eigenvalue weighted by atomic mass is 15.3. The fraction of sp³-hybridized carbons (Fsp3) is 0.333. The summed E-state index contributed by atoms with van der Waals surface area (Å²) in [5.74, 6) is 0.0411. The van der Waals surface area contributed by atoms with Gasteiger partial charge < -0.3 is 5.32 Å². The fourth-order valence-electron chi connectivity index (χ4n) is 1.83. The number of hydrogen-bond donors (Lipinski definition) is 1. The van der Waals surface area contributed by atoms with Gasteiger partial charge in [-0.05, 0) is 12.5 Å². The Kier molecular flexibility index (Phi) is 4.71. The zero-order chi connectivity index (χ0) is 13.5. The van der Waals surface area contributed by atoms with E-state index in [1.54, 1.807) is 0 Å². The highest BCUT2D eigenvalue weighted by molar-refractivity contribution is 5.15. The Morgan fingerprint density at radius 2 is 2.11 bits per heavy atom. The molecule has 1 aromatic heterocycles. The molecule has 4 nitrogen and oxygen atoms in total. The van der Waals surface area contributed by atoms with Crippen LogP contribution in [0, 0.1) is 17.2 Å². The first-order chi connectivity index (χ1) is 9.28. The van der Waals surface area contributed by atoms with E-state index in [2.05, 4.69) is 28.6 Å². The lowest BCUT2D eigenvalue weighted by atomic mass is 10.2. The molecule has 0 bridgehead atoms. The molecule has 0 saturated carbocycles. The van der Waals surface area contributed by atoms with Crippen LogP contribution in [0.5, 0.6) is 0 Å². The Labute approximate surface area is 113 Å². The lowest BCUT2D eigenvalue weighted by Crippen LogP contribution is -2.19. The summed E-state index contributed by atoms with van der Waals surface area (Å²) >= 11 is 0. The molecule has 1 heterocycles. The molecule has 0 amide bonds. The van der Waals surface area contributed by atoms with Crippen LogP contribution in [-0.2, 0) is 13.1 Å². The second-order valence-corrected chi connectivity index (χ2v) is 4.69. The molecule has 0 saturated heterocycles. The molecule has 4 heteroatoms. The molecule has 2 aromatic rings. The molecule has 98 valence electrons. The van der Waals surface area contributed by atoms with Crippen molar-refractivity contribution in [1.29, 1.82) is 5.26 Å². The standard InChI is InChI=1S/C15H18N4/c1-13(7-16)8-17-9-15-10-18-19(12-15)11-14-5-3-2-4-6-14/h2-6,10,12-13,17H,8-9,11H2,1H3. The van der Waals surface area contributed by atoms with Crippen LogP contribution in [-0.4, -0.2) is 16.3 Å². The molecule has 1 atom stereocenters. The molecular weight excluding hydrogens is 236 g/mol. The van der Waals surface area contributed by atoms with Crippen LogP contribution in [0.1, 0.15) is 18.1 Å². The van der Waals surface area contributed by atoms with Crippen molar-refractivity contribution in [1.82, 2.24) is 15.1 Å². The quantitative estimate of drug-likeness (QED) is 0.859. The van der Waals surface area contributed by atoms with E-state index in [9.17, 15) is 0 Å². The van der Waals surface area contributed by atoms with Gasteiger partial charge in [0.25, 0.3) is 0 Å². The average Bonchev–Trinajstić information content (AvgIpc) is 2.87. The second kappa shape index (κ2) is 6.72. The number of nitriles is 1. The Morgan fingerprint density at radius 3 is 2.84 bits per heavy atom. The fourth-order valence-corrected chi connectivity index (χ4v) is 1.83. The lowest BCUT2D eigenvalue weighted by Gasteiger charge is -2.03. The first-order valence-corrected chi connectivity index (χ1v) is 6.43. The molecule has 0 aliphatic rings. The van der Waals surface area contributed by atoms with Crippen LogP contribution in [0.4, 0.5) is 0 Å². The van der Waals surface area contributed by atoms with Crippen LogP contribution in [0.25, 0.3) is 0 Å². The van der Waals surface area contributed by atoms with Gasteiger partial charge in [-0.15, -0.1) is 0 Å². The van der Waals surface area contributed by atoms with Crippen LogP contribution in [0.15, 0.2) is 42.7 Å². The van der Waals surface area contributed by atoms with Crippen molar-refractivity contribution in [2.24, 2.45) is 5.92 Å². The van der Waals surface area contributed by atoms with Gasteiger partial charge in [0.05, 0.1) is 24.7 Å². The number of aromatic nitrogens is 2. The Hall–Kier alpha value is -2.12. The van der Waals surface area contributed by atoms with Crippen molar-refractivity contribution in [2.75, 3.05) is 6.54 Å². The SMILES string of the molecule is CC(C#N)CNCc1cnn(Cc2ccccc2)c1. The molecule has 0 fully saturated rings. The predicted octanol–water partition coefficient (Wildman–Crippen LogP) is 2.18. The molecule has 0 aliphatic heterocycles. The van der Waals surface area contributed by atoms with Crippen molar-refractivity contribution < 1.29 is 0 Å². The third kappa shape index (κ3) is 4.23. The number of nitrogens with one attached hydrogen (secondary N) is 1. The summed E-state index contributed by atoms with van der Waals surface area (Å²) in [5.41, 5.74) is 2.38. The summed E-state index contributed by atoms with van der Waals surface area (Å²) in [5, 5.41) is 16.3. The van der Waals surface area contributed by atoms with Gasteiger partial charge >= 0.3 is 0 Å². The average molecular weight is 254 g/mol. The van der Waals surface area contributed by atoms with E-state index < -0.39 is 0 Å². The summed E-state index contributed by atoms with van der Waals surface area (Å²) in [6, 6.07) is 12.5. The highest BCUT2D eigenvalue weighted by Crippen LogP contribution is 2.04. The van der Waals surface area contributed by atoms with Gasteiger partial charge in [-0.2, -0.15) is 10.4 Å². The maximum absolute atomic E-state index is 8.69. The predicted molar refractivity (Wildman–Crippen MR) is 74.3 cm³/mol. The van der Waals surface area contributed by atoms with Crippen molar-refractivity contribution >= 4 is 0 Å². The molecule has 19 heavy (non-hydrogen) atoms. The topological polar surface area (TPSA) is 53.6 Å². The van der Waals surface area contributed by atoms with Crippen molar-refractivity contribution in [2.45, 2.75) is 20.0 Å². The minimum absolute atomic E-state index is 0.0411. The minimum Gasteiger partial charge on any atom is -0.311 e. The van der Waals surface area contributed by atoms with Crippen LogP contribution >= 0.6 is 0 Å². The Morgan fingerprint density at radius 1 is 1.32 bits per heavy atom. The van der Waals surface area contributed by atoms with E-state index in [1.165, 1.54) is 5.56 Å². The van der Waals surface area contributed by atoms with Gasteiger partial charge in [0.1, 0.15) is 0 Å². The van der Waals surface area contributed by atoms with Crippen LogP contribution in [0.3, 0.4) is 0 Å². The van der Waals surface area contributed by atoms with Crippen molar-refractivity contribution in [3.05, 3.63) is 53.9 Å². The number of rotatable bonds is 6. The summed E-state index contributed by atoms with van der Waals surface area (Å²) < 4.78 is 1.93. The third-order valence-corrected chi connectivity index (χ3v) is 2.87. The van der Waals surface area contributed by atoms with E-state index in [4.69, 9.17) is 5.26 Å². The molecule has 0 spiro atoms. The van der Waals surface area contributed by atoms with E-state index in [0.717, 1.165) is 18.7 Å². The largest absolute Gasteiger partial charge is 0.311 e. The van der Waals surface area contributed by atoms with Crippen molar-refractivity contribution in [3.63, 3.8) is 0 Å². The molecule has 1 unspecified atom stereocenters. The normalized spacial score (nSPS) is 12.0. The zero-order valence-electron chi connectivity index (χ0n) is 11.1. The molecule has 0 aliphatic carbocycles. The second-order valence-electron chi connectivity index (χ2n) is 4.69. The zero-order valence-corrected chi connectivity index (χ0v) is 11.1. The maximum Gasteiger partial charge on any atom is 0.0666 e. The highest BCUT2D eigenvalue weighted by Gasteiger charge is 2.01. The van der Waals surface area contributed by atoms with E-state index in [-0.39, 0.29) is 5.92 Å². The van der Waals surface area contributed by atoms with Crippen LogP contribution < -0.4 is 5.32 Å². The number of nitrogens with zero attached hydrogens (tertiary/aromatic N) is 3. The molecule has 0 radical (unpaired) electrons. The lowest BCUT2D eigenvalue weighted by molar-refractivity contribution is 0.601. The van der Waals surface area contributed by atoms with E-state index in [0.29, 0.717) is 6.54 Å². The maximum atomic E-state index is 8.69.